The molecule has 0 spiro atoms. The van der Waals surface area contributed by atoms with Crippen molar-refractivity contribution in [2.75, 3.05) is 0 Å². The lowest BCUT2D eigenvalue weighted by atomic mass is 9.76. The van der Waals surface area contributed by atoms with Crippen molar-refractivity contribution in [3.05, 3.63) is 29.3 Å². The van der Waals surface area contributed by atoms with Gasteiger partial charge >= 0.3 is 6.09 Å². The smallest absolute Gasteiger partial charge is 0.410 e. The summed E-state index contributed by atoms with van der Waals surface area (Å²) >= 11 is 0. The Kier molecular flexibility index (Phi) is 5.04. The van der Waals surface area contributed by atoms with Crippen LogP contribution < -0.4 is 0 Å². The molecule has 3 heterocycles. The number of aromatic nitrogens is 1. The third-order valence-corrected chi connectivity index (χ3v) is 5.17. The average molecular weight is 362 g/mol. The van der Waals surface area contributed by atoms with E-state index in [1.807, 2.05) is 25.7 Å². The molecule has 0 radical (unpaired) electrons. The van der Waals surface area contributed by atoms with Crippen LogP contribution in [0, 0.1) is 18.7 Å². The van der Waals surface area contributed by atoms with Gasteiger partial charge in [-0.05, 0) is 71.9 Å². The molecular weight excluding hydrogens is 335 g/mol. The van der Waals surface area contributed by atoms with Crippen molar-refractivity contribution in [1.82, 2.24) is 9.88 Å². The first-order valence-electron chi connectivity index (χ1n) is 9.34. The minimum atomic E-state index is -0.569. The molecule has 1 aromatic heterocycles. The van der Waals surface area contributed by atoms with Crippen LogP contribution in [-0.2, 0) is 4.74 Å². The summed E-state index contributed by atoms with van der Waals surface area (Å²) in [5.74, 6) is -1.11. The van der Waals surface area contributed by atoms with Gasteiger partial charge in [0.25, 0.3) is 0 Å². The minimum Gasteiger partial charge on any atom is -0.444 e. The van der Waals surface area contributed by atoms with Crippen molar-refractivity contribution in [2.24, 2.45) is 5.92 Å². The first kappa shape index (κ1) is 18.8. The lowest BCUT2D eigenvalue weighted by Crippen LogP contribution is -2.56. The highest BCUT2D eigenvalue weighted by molar-refractivity contribution is 5.96. The number of ketones is 1. The predicted molar refractivity (Wildman–Crippen MR) is 95.5 cm³/mol. The molecule has 6 heteroatoms. The number of halogens is 1. The van der Waals surface area contributed by atoms with Crippen molar-refractivity contribution >= 4 is 11.9 Å². The summed E-state index contributed by atoms with van der Waals surface area (Å²) in [4.78, 5) is 31.4. The first-order chi connectivity index (χ1) is 12.2. The summed E-state index contributed by atoms with van der Waals surface area (Å²) in [5, 5.41) is 0. The monoisotopic (exact) mass is 362 g/mol. The Labute approximate surface area is 153 Å². The van der Waals surface area contributed by atoms with E-state index in [9.17, 15) is 14.0 Å². The second-order valence-corrected chi connectivity index (χ2v) is 8.44. The lowest BCUT2D eigenvalue weighted by molar-refractivity contribution is -0.0261. The van der Waals surface area contributed by atoms with Crippen molar-refractivity contribution < 1.29 is 18.7 Å². The van der Waals surface area contributed by atoms with Crippen LogP contribution in [0.1, 0.15) is 69.1 Å². The highest BCUT2D eigenvalue weighted by Crippen LogP contribution is 2.39. The third-order valence-electron chi connectivity index (χ3n) is 5.17. The molecular formula is C20H27FN2O3. The maximum Gasteiger partial charge on any atom is 0.410 e. The summed E-state index contributed by atoms with van der Waals surface area (Å²) in [5.41, 5.74) is 0.00654. The number of Topliss-reactive ketones (excluding diaryl/α,β-unsaturated/α-hetero) is 1. The van der Waals surface area contributed by atoms with Crippen molar-refractivity contribution in [3.8, 4) is 0 Å². The summed E-state index contributed by atoms with van der Waals surface area (Å²) in [6.07, 6.45) is 3.52. The number of hydrogen-bond donors (Lipinski definition) is 0. The number of amides is 1. The Balaban J connectivity index is 1.78. The van der Waals surface area contributed by atoms with Crippen LogP contribution in [0.15, 0.2) is 12.1 Å². The Morgan fingerprint density at radius 3 is 2.38 bits per heavy atom. The van der Waals surface area contributed by atoms with Gasteiger partial charge < -0.3 is 9.64 Å². The van der Waals surface area contributed by atoms with Gasteiger partial charge in [0.1, 0.15) is 11.3 Å². The molecule has 2 unspecified atom stereocenters. The van der Waals surface area contributed by atoms with E-state index in [0.29, 0.717) is 18.5 Å². The van der Waals surface area contributed by atoms with Crippen LogP contribution in [0.2, 0.25) is 0 Å². The highest BCUT2D eigenvalue weighted by Gasteiger charge is 2.45. The van der Waals surface area contributed by atoms with E-state index >= 15 is 0 Å². The molecule has 3 rings (SSSR count). The van der Waals surface area contributed by atoms with E-state index in [-0.39, 0.29) is 35.6 Å². The highest BCUT2D eigenvalue weighted by atomic mass is 19.1. The molecule has 1 aromatic rings. The standard InChI is InChI=1S/C20H27FN2O3/c1-12-8-9-16(21)17(22-12)18(24)13-10-14-6-5-7-15(11-13)23(14)19(25)26-20(2,3)4/h8-9,13-15H,5-7,10-11H2,1-4H3. The zero-order valence-corrected chi connectivity index (χ0v) is 15.9. The molecule has 2 aliphatic rings. The third kappa shape index (κ3) is 3.89. The van der Waals surface area contributed by atoms with Crippen LogP contribution in [0.5, 0.6) is 0 Å². The summed E-state index contributed by atoms with van der Waals surface area (Å²) in [6, 6.07) is 2.80. The van der Waals surface area contributed by atoms with E-state index < -0.39 is 11.4 Å². The van der Waals surface area contributed by atoms with E-state index in [2.05, 4.69) is 4.98 Å². The van der Waals surface area contributed by atoms with Crippen LogP contribution >= 0.6 is 0 Å². The zero-order valence-electron chi connectivity index (χ0n) is 15.9. The molecule has 0 saturated carbocycles. The molecule has 142 valence electrons. The van der Waals surface area contributed by atoms with Gasteiger partial charge in [-0.1, -0.05) is 0 Å². The number of carbonyl (C=O) groups is 2. The second-order valence-electron chi connectivity index (χ2n) is 8.44. The van der Waals surface area contributed by atoms with Crippen LogP contribution in [0.4, 0.5) is 9.18 Å². The van der Waals surface area contributed by atoms with Gasteiger partial charge in [-0.15, -0.1) is 0 Å². The van der Waals surface area contributed by atoms with Crippen LogP contribution in [0.3, 0.4) is 0 Å². The molecule has 0 aromatic carbocycles. The Morgan fingerprint density at radius 1 is 1.19 bits per heavy atom. The fraction of sp³-hybridized carbons (Fsp3) is 0.650. The Bertz CT molecular complexity index is 699. The molecule has 1 amide bonds. The number of ether oxygens (including phenoxy) is 1. The molecule has 26 heavy (non-hydrogen) atoms. The maximum atomic E-state index is 14.1. The van der Waals surface area contributed by atoms with Gasteiger partial charge in [-0.3, -0.25) is 4.79 Å². The largest absolute Gasteiger partial charge is 0.444 e. The fourth-order valence-electron chi connectivity index (χ4n) is 4.11. The summed E-state index contributed by atoms with van der Waals surface area (Å²) < 4.78 is 19.6. The van der Waals surface area contributed by atoms with E-state index in [0.717, 1.165) is 19.3 Å². The van der Waals surface area contributed by atoms with Gasteiger partial charge in [-0.25, -0.2) is 14.2 Å². The number of rotatable bonds is 2. The van der Waals surface area contributed by atoms with Crippen LogP contribution in [-0.4, -0.2) is 39.4 Å². The average Bonchev–Trinajstić information content (AvgIpc) is 2.53. The van der Waals surface area contributed by atoms with Gasteiger partial charge in [-0.2, -0.15) is 0 Å². The predicted octanol–water partition coefficient (Wildman–Crippen LogP) is 4.28. The summed E-state index contributed by atoms with van der Waals surface area (Å²) in [6.45, 7) is 7.30. The molecule has 2 aliphatic heterocycles. The molecule has 5 nitrogen and oxygen atoms in total. The topological polar surface area (TPSA) is 59.5 Å². The lowest BCUT2D eigenvalue weighted by Gasteiger charge is -2.48. The normalized spacial score (nSPS) is 25.7. The molecule has 2 atom stereocenters. The van der Waals surface area contributed by atoms with E-state index in [1.165, 1.54) is 6.07 Å². The Morgan fingerprint density at radius 2 is 1.81 bits per heavy atom. The van der Waals surface area contributed by atoms with E-state index in [4.69, 9.17) is 4.74 Å². The number of aryl methyl sites for hydroxylation is 1. The maximum absolute atomic E-state index is 14.1. The van der Waals surface area contributed by atoms with Crippen molar-refractivity contribution in [2.45, 2.75) is 77.5 Å². The fourth-order valence-corrected chi connectivity index (χ4v) is 4.11. The Hall–Kier alpha value is -1.98. The van der Waals surface area contributed by atoms with Crippen molar-refractivity contribution in [1.29, 1.82) is 0 Å². The number of pyridine rings is 1. The number of carbonyl (C=O) groups excluding carboxylic acids is 2. The molecule has 2 fully saturated rings. The summed E-state index contributed by atoms with van der Waals surface area (Å²) in [7, 11) is 0. The van der Waals surface area contributed by atoms with Gasteiger partial charge in [0.2, 0.25) is 0 Å². The molecule has 2 saturated heterocycles. The number of nitrogens with zero attached hydrogens (tertiary/aromatic N) is 2. The number of fused-ring (bicyclic) bond motifs is 2. The van der Waals surface area contributed by atoms with Crippen LogP contribution in [0.25, 0.3) is 0 Å². The van der Waals surface area contributed by atoms with Gasteiger partial charge in [0.15, 0.2) is 11.6 Å². The zero-order chi connectivity index (χ0) is 19.1. The molecule has 0 aliphatic carbocycles. The molecule has 2 bridgehead atoms. The SMILES string of the molecule is Cc1ccc(F)c(C(=O)C2CC3CCCC(C2)N3C(=O)OC(C)(C)C)n1. The van der Waals surface area contributed by atoms with Gasteiger partial charge in [0.05, 0.1) is 0 Å². The second kappa shape index (κ2) is 6.97. The first-order valence-corrected chi connectivity index (χ1v) is 9.34. The minimum absolute atomic E-state index is 0.0285. The quantitative estimate of drug-likeness (QED) is 0.737. The van der Waals surface area contributed by atoms with Gasteiger partial charge in [0, 0.05) is 23.7 Å². The number of piperidine rings is 2. The molecule has 0 N–H and O–H groups in total. The van der Waals surface area contributed by atoms with E-state index in [1.54, 1.807) is 13.0 Å². The van der Waals surface area contributed by atoms with Crippen molar-refractivity contribution in [3.63, 3.8) is 0 Å². The number of hydrogen-bond acceptors (Lipinski definition) is 4.